The lowest BCUT2D eigenvalue weighted by Gasteiger charge is -2.30. The Morgan fingerprint density at radius 2 is 1.91 bits per heavy atom. The topological polar surface area (TPSA) is 107 Å². The van der Waals surface area contributed by atoms with Gasteiger partial charge in [-0.25, -0.2) is 4.79 Å². The Morgan fingerprint density at radius 3 is 2.65 bits per heavy atom. The lowest BCUT2D eigenvalue weighted by molar-refractivity contribution is 0.102. The molecule has 0 saturated carbocycles. The van der Waals surface area contributed by atoms with E-state index in [1.54, 1.807) is 12.1 Å². The summed E-state index contributed by atoms with van der Waals surface area (Å²) in [5.74, 6) is -0.580. The lowest BCUT2D eigenvalue weighted by atomic mass is 10.2. The van der Waals surface area contributed by atoms with Crippen molar-refractivity contribution in [2.75, 3.05) is 36.5 Å². The number of hydrogen-bond donors (Lipinski definition) is 3. The lowest BCUT2D eigenvalue weighted by Crippen LogP contribution is -2.37. The maximum atomic E-state index is 12.3. The summed E-state index contributed by atoms with van der Waals surface area (Å²) in [5, 5.41) is 2.72. The van der Waals surface area contributed by atoms with Crippen LogP contribution >= 0.6 is 0 Å². The average molecular weight is 316 g/mol. The molecule has 1 aromatic heterocycles. The third-order valence-electron chi connectivity index (χ3n) is 3.57. The Hall–Kier alpha value is -2.87. The van der Waals surface area contributed by atoms with Gasteiger partial charge in [-0.1, -0.05) is 12.1 Å². The van der Waals surface area contributed by atoms with Gasteiger partial charge in [0.25, 0.3) is 11.5 Å². The first-order valence-corrected chi connectivity index (χ1v) is 7.20. The van der Waals surface area contributed by atoms with Crippen LogP contribution in [0.5, 0.6) is 0 Å². The van der Waals surface area contributed by atoms with E-state index in [2.05, 4.69) is 15.2 Å². The normalized spacial score (nSPS) is 14.5. The van der Waals surface area contributed by atoms with E-state index in [1.165, 1.54) is 0 Å². The predicted octanol–water partition coefficient (Wildman–Crippen LogP) is 0.152. The minimum Gasteiger partial charge on any atom is -0.378 e. The predicted molar refractivity (Wildman–Crippen MR) is 85.1 cm³/mol. The first-order chi connectivity index (χ1) is 11.1. The van der Waals surface area contributed by atoms with Crippen molar-refractivity contribution < 1.29 is 9.53 Å². The van der Waals surface area contributed by atoms with Crippen LogP contribution in [0.15, 0.2) is 40.1 Å². The molecule has 2 aromatic rings. The fourth-order valence-corrected chi connectivity index (χ4v) is 2.43. The Morgan fingerprint density at radius 1 is 1.17 bits per heavy atom. The van der Waals surface area contributed by atoms with E-state index in [0.29, 0.717) is 18.9 Å². The van der Waals surface area contributed by atoms with Gasteiger partial charge in [-0.05, 0) is 12.1 Å². The van der Waals surface area contributed by atoms with Crippen LogP contribution in [0.4, 0.5) is 11.4 Å². The van der Waals surface area contributed by atoms with Crippen LogP contribution in [0.25, 0.3) is 0 Å². The molecule has 8 nitrogen and oxygen atoms in total. The number of benzene rings is 1. The second-order valence-corrected chi connectivity index (χ2v) is 5.06. The standard InChI is InChI=1S/C15H16N4O4/c20-13(10-9-16-15(22)18-14(10)21)17-11-3-1-2-4-12(11)19-5-7-23-8-6-19/h1-4,9H,5-8H2,(H,17,20)(H2,16,18,21,22). The van der Waals surface area contributed by atoms with Crippen molar-refractivity contribution in [3.63, 3.8) is 0 Å². The number of ether oxygens (including phenoxy) is 1. The molecule has 1 aliphatic heterocycles. The van der Waals surface area contributed by atoms with Crippen LogP contribution < -0.4 is 21.5 Å². The van der Waals surface area contributed by atoms with Gasteiger partial charge in [-0.3, -0.25) is 14.6 Å². The number of morpholine rings is 1. The van der Waals surface area contributed by atoms with E-state index >= 15 is 0 Å². The molecule has 8 heteroatoms. The molecular formula is C15H16N4O4. The number of carbonyl (C=O) groups is 1. The van der Waals surface area contributed by atoms with E-state index in [-0.39, 0.29) is 5.56 Å². The first kappa shape index (κ1) is 15.0. The summed E-state index contributed by atoms with van der Waals surface area (Å²) >= 11 is 0. The highest BCUT2D eigenvalue weighted by Crippen LogP contribution is 2.26. The average Bonchev–Trinajstić information content (AvgIpc) is 2.56. The van der Waals surface area contributed by atoms with Gasteiger partial charge in [0.1, 0.15) is 5.56 Å². The molecule has 0 spiro atoms. The summed E-state index contributed by atoms with van der Waals surface area (Å²) < 4.78 is 5.33. The molecule has 1 aromatic carbocycles. The van der Waals surface area contributed by atoms with E-state index in [0.717, 1.165) is 25.0 Å². The second-order valence-electron chi connectivity index (χ2n) is 5.06. The number of hydrogen-bond acceptors (Lipinski definition) is 5. The maximum Gasteiger partial charge on any atom is 0.325 e. The number of aromatic nitrogens is 2. The number of nitrogens with one attached hydrogen (secondary N) is 3. The van der Waals surface area contributed by atoms with Gasteiger partial charge in [-0.2, -0.15) is 0 Å². The highest BCUT2D eigenvalue weighted by molar-refractivity contribution is 6.05. The summed E-state index contributed by atoms with van der Waals surface area (Å²) in [4.78, 5) is 41.4. The van der Waals surface area contributed by atoms with Crippen LogP contribution in [0.1, 0.15) is 10.4 Å². The largest absolute Gasteiger partial charge is 0.378 e. The van der Waals surface area contributed by atoms with Crippen molar-refractivity contribution in [3.8, 4) is 0 Å². The van der Waals surface area contributed by atoms with E-state index in [9.17, 15) is 14.4 Å². The molecule has 1 aliphatic rings. The molecule has 1 fully saturated rings. The summed E-state index contributed by atoms with van der Waals surface area (Å²) in [6, 6.07) is 7.35. The highest BCUT2D eigenvalue weighted by atomic mass is 16.5. The molecule has 2 heterocycles. The molecular weight excluding hydrogens is 300 g/mol. The van der Waals surface area contributed by atoms with Gasteiger partial charge >= 0.3 is 5.69 Å². The van der Waals surface area contributed by atoms with Crippen molar-refractivity contribution in [2.24, 2.45) is 0 Å². The van der Waals surface area contributed by atoms with Gasteiger partial charge in [0.2, 0.25) is 0 Å². The van der Waals surface area contributed by atoms with E-state index in [4.69, 9.17) is 4.74 Å². The van der Waals surface area contributed by atoms with Crippen LogP contribution in [-0.2, 0) is 4.74 Å². The van der Waals surface area contributed by atoms with Gasteiger partial charge in [0.15, 0.2) is 0 Å². The van der Waals surface area contributed by atoms with Gasteiger partial charge in [-0.15, -0.1) is 0 Å². The summed E-state index contributed by atoms with van der Waals surface area (Å²) in [5.41, 5.74) is -0.0632. The Labute approximate surface area is 131 Å². The van der Waals surface area contributed by atoms with Gasteiger partial charge < -0.3 is 19.9 Å². The van der Waals surface area contributed by atoms with Crippen molar-refractivity contribution >= 4 is 17.3 Å². The molecule has 1 saturated heterocycles. The number of anilines is 2. The molecule has 120 valence electrons. The van der Waals surface area contributed by atoms with Gasteiger partial charge in [0, 0.05) is 19.3 Å². The maximum absolute atomic E-state index is 12.3. The van der Waals surface area contributed by atoms with Crippen LogP contribution in [0, 0.1) is 0 Å². The van der Waals surface area contributed by atoms with Crippen LogP contribution in [0.2, 0.25) is 0 Å². The smallest absolute Gasteiger partial charge is 0.325 e. The fourth-order valence-electron chi connectivity index (χ4n) is 2.43. The third kappa shape index (κ3) is 3.32. The summed E-state index contributed by atoms with van der Waals surface area (Å²) in [6.45, 7) is 2.71. The van der Waals surface area contributed by atoms with Gasteiger partial charge in [0.05, 0.1) is 24.6 Å². The number of rotatable bonds is 3. The number of carbonyl (C=O) groups excluding carboxylic acids is 1. The number of H-pyrrole nitrogens is 2. The van der Waals surface area contributed by atoms with Crippen molar-refractivity contribution in [3.05, 3.63) is 56.9 Å². The minimum atomic E-state index is -0.727. The zero-order chi connectivity index (χ0) is 16.2. The third-order valence-corrected chi connectivity index (χ3v) is 3.57. The zero-order valence-corrected chi connectivity index (χ0v) is 12.3. The van der Waals surface area contributed by atoms with Crippen molar-refractivity contribution in [1.29, 1.82) is 0 Å². The summed E-state index contributed by atoms with van der Waals surface area (Å²) in [6.07, 6.45) is 1.11. The first-order valence-electron chi connectivity index (χ1n) is 7.20. The van der Waals surface area contributed by atoms with Crippen molar-refractivity contribution in [1.82, 2.24) is 9.97 Å². The quantitative estimate of drug-likeness (QED) is 0.747. The molecule has 3 N–H and O–H groups in total. The second kappa shape index (κ2) is 6.49. The summed E-state index contributed by atoms with van der Waals surface area (Å²) in [7, 11) is 0. The number of para-hydroxylation sites is 2. The van der Waals surface area contributed by atoms with E-state index < -0.39 is 17.2 Å². The molecule has 0 aliphatic carbocycles. The van der Waals surface area contributed by atoms with Crippen LogP contribution in [0.3, 0.4) is 0 Å². The molecule has 23 heavy (non-hydrogen) atoms. The SMILES string of the molecule is O=C(Nc1ccccc1N1CCOCC1)c1c[nH]c(=O)[nH]c1=O. The van der Waals surface area contributed by atoms with Crippen LogP contribution in [-0.4, -0.2) is 42.2 Å². The molecule has 0 radical (unpaired) electrons. The fraction of sp³-hybridized carbons (Fsp3) is 0.267. The van der Waals surface area contributed by atoms with E-state index in [1.807, 2.05) is 17.1 Å². The Bertz CT molecular complexity index is 820. The molecule has 0 bridgehead atoms. The molecule has 1 amide bonds. The molecule has 3 rings (SSSR count). The number of nitrogens with zero attached hydrogens (tertiary/aromatic N) is 1. The highest BCUT2D eigenvalue weighted by Gasteiger charge is 2.17. The Balaban J connectivity index is 1.86. The number of amides is 1. The monoisotopic (exact) mass is 316 g/mol. The Kier molecular flexibility index (Phi) is 4.24. The van der Waals surface area contributed by atoms with Crippen molar-refractivity contribution in [2.45, 2.75) is 0 Å². The number of aromatic amines is 2. The zero-order valence-electron chi connectivity index (χ0n) is 12.3. The molecule has 0 atom stereocenters. The molecule has 0 unspecified atom stereocenters. The minimum absolute atomic E-state index is 0.151.